The minimum Gasteiger partial charge on any atom is -0.299 e. The van der Waals surface area contributed by atoms with Crippen molar-refractivity contribution in [1.29, 1.82) is 0 Å². The van der Waals surface area contributed by atoms with Crippen molar-refractivity contribution in [2.45, 2.75) is 60.3 Å². The minimum absolute atomic E-state index is 0.466. The molecule has 1 heterocycles. The van der Waals surface area contributed by atoms with Crippen LogP contribution >= 0.6 is 0 Å². The predicted octanol–water partition coefficient (Wildman–Crippen LogP) is 7.06. The molecular weight excluding hydrogens is 340 g/mol. The molecule has 28 heavy (non-hydrogen) atoms. The molecule has 0 amide bonds. The number of imidazole rings is 1. The SMILES string of the molecule is CCc1cccc(C(C)C)c1-n1ccnc1-c1ccccc1C[C@@H](C)C(C)C. The Balaban J connectivity index is 2.16. The maximum Gasteiger partial charge on any atom is 0.144 e. The molecule has 0 radical (unpaired) electrons. The van der Waals surface area contributed by atoms with Crippen molar-refractivity contribution in [1.82, 2.24) is 9.55 Å². The van der Waals surface area contributed by atoms with Crippen LogP contribution in [0, 0.1) is 11.8 Å². The molecule has 1 aromatic heterocycles. The number of nitrogens with zero attached hydrogens (tertiary/aromatic N) is 2. The molecule has 3 rings (SSSR count). The van der Waals surface area contributed by atoms with Gasteiger partial charge < -0.3 is 0 Å². The molecule has 0 saturated carbocycles. The fraction of sp³-hybridized carbons (Fsp3) is 0.423. The highest BCUT2D eigenvalue weighted by Gasteiger charge is 2.19. The summed E-state index contributed by atoms with van der Waals surface area (Å²) in [5, 5.41) is 0. The summed E-state index contributed by atoms with van der Waals surface area (Å²) in [6, 6.07) is 15.5. The van der Waals surface area contributed by atoms with Gasteiger partial charge in [-0.15, -0.1) is 0 Å². The Bertz CT molecular complexity index is 918. The third-order valence-electron chi connectivity index (χ3n) is 5.97. The molecule has 148 valence electrons. The van der Waals surface area contributed by atoms with Crippen molar-refractivity contribution in [2.75, 3.05) is 0 Å². The Morgan fingerprint density at radius 3 is 2.29 bits per heavy atom. The van der Waals surface area contributed by atoms with Crippen LogP contribution in [-0.4, -0.2) is 9.55 Å². The van der Waals surface area contributed by atoms with Crippen LogP contribution in [0.15, 0.2) is 54.9 Å². The first-order valence-corrected chi connectivity index (χ1v) is 10.7. The molecule has 1 atom stereocenters. The van der Waals surface area contributed by atoms with Crippen LogP contribution in [0.4, 0.5) is 0 Å². The van der Waals surface area contributed by atoms with Crippen LogP contribution in [0.25, 0.3) is 17.1 Å². The molecule has 0 aliphatic carbocycles. The zero-order chi connectivity index (χ0) is 20.3. The summed E-state index contributed by atoms with van der Waals surface area (Å²) in [4.78, 5) is 4.81. The quantitative estimate of drug-likeness (QED) is 0.433. The summed E-state index contributed by atoms with van der Waals surface area (Å²) in [7, 11) is 0. The zero-order valence-electron chi connectivity index (χ0n) is 18.2. The van der Waals surface area contributed by atoms with Gasteiger partial charge in [0, 0.05) is 18.0 Å². The number of hydrogen-bond acceptors (Lipinski definition) is 1. The van der Waals surface area contributed by atoms with E-state index in [0.29, 0.717) is 17.8 Å². The lowest BCUT2D eigenvalue weighted by molar-refractivity contribution is 0.417. The molecule has 0 saturated heterocycles. The number of hydrogen-bond donors (Lipinski definition) is 0. The van der Waals surface area contributed by atoms with Crippen molar-refractivity contribution in [3.05, 3.63) is 71.5 Å². The van der Waals surface area contributed by atoms with Crippen LogP contribution in [0.2, 0.25) is 0 Å². The summed E-state index contributed by atoms with van der Waals surface area (Å²) in [6.45, 7) is 13.7. The number of rotatable bonds is 7. The topological polar surface area (TPSA) is 17.8 Å². The largest absolute Gasteiger partial charge is 0.299 e. The first-order chi connectivity index (χ1) is 13.4. The first kappa shape index (κ1) is 20.4. The molecule has 2 aromatic carbocycles. The Labute approximate surface area is 170 Å². The zero-order valence-corrected chi connectivity index (χ0v) is 18.2. The second-order valence-electron chi connectivity index (χ2n) is 8.57. The highest BCUT2D eigenvalue weighted by molar-refractivity contribution is 5.65. The van der Waals surface area contributed by atoms with E-state index in [0.717, 1.165) is 18.7 Å². The van der Waals surface area contributed by atoms with Crippen molar-refractivity contribution in [2.24, 2.45) is 11.8 Å². The molecule has 3 aromatic rings. The van der Waals surface area contributed by atoms with E-state index in [2.05, 4.69) is 94.8 Å². The van der Waals surface area contributed by atoms with Gasteiger partial charge in [-0.2, -0.15) is 0 Å². The molecule has 2 nitrogen and oxygen atoms in total. The van der Waals surface area contributed by atoms with Crippen LogP contribution < -0.4 is 0 Å². The maximum atomic E-state index is 4.81. The van der Waals surface area contributed by atoms with Gasteiger partial charge in [0.15, 0.2) is 0 Å². The molecule has 0 aliphatic rings. The van der Waals surface area contributed by atoms with Crippen LogP contribution in [0.3, 0.4) is 0 Å². The van der Waals surface area contributed by atoms with Crippen molar-refractivity contribution in [3.63, 3.8) is 0 Å². The van der Waals surface area contributed by atoms with E-state index < -0.39 is 0 Å². The fourth-order valence-electron chi connectivity index (χ4n) is 3.84. The van der Waals surface area contributed by atoms with E-state index in [1.807, 2.05) is 6.20 Å². The lowest BCUT2D eigenvalue weighted by Gasteiger charge is -2.21. The number of para-hydroxylation sites is 1. The van der Waals surface area contributed by atoms with Gasteiger partial charge in [-0.25, -0.2) is 4.98 Å². The maximum absolute atomic E-state index is 4.81. The van der Waals surface area contributed by atoms with Gasteiger partial charge in [-0.05, 0) is 47.3 Å². The van der Waals surface area contributed by atoms with E-state index in [9.17, 15) is 0 Å². The molecule has 2 heteroatoms. The highest BCUT2D eigenvalue weighted by Crippen LogP contribution is 2.33. The summed E-state index contributed by atoms with van der Waals surface area (Å²) < 4.78 is 2.31. The Morgan fingerprint density at radius 1 is 0.893 bits per heavy atom. The monoisotopic (exact) mass is 374 g/mol. The van der Waals surface area contributed by atoms with E-state index in [4.69, 9.17) is 4.98 Å². The molecule has 0 aliphatic heterocycles. The van der Waals surface area contributed by atoms with Gasteiger partial charge >= 0.3 is 0 Å². The molecule has 0 bridgehead atoms. The van der Waals surface area contributed by atoms with Crippen molar-refractivity contribution in [3.8, 4) is 17.1 Å². The third kappa shape index (κ3) is 4.06. The third-order valence-corrected chi connectivity index (χ3v) is 5.97. The number of aryl methyl sites for hydroxylation is 1. The van der Waals surface area contributed by atoms with Gasteiger partial charge in [-0.3, -0.25) is 4.57 Å². The van der Waals surface area contributed by atoms with Gasteiger partial charge in [0.25, 0.3) is 0 Å². The summed E-state index contributed by atoms with van der Waals surface area (Å²) in [6.07, 6.45) is 6.15. The standard InChI is InChI=1S/C26H34N2/c1-7-21-12-10-14-23(19(4)5)25(21)28-16-15-27-26(28)24-13-9-8-11-22(24)17-20(6)18(2)3/h8-16,18-20H,7,17H2,1-6H3/t20-/m1/s1. The van der Waals surface area contributed by atoms with Gasteiger partial charge in [0.2, 0.25) is 0 Å². The Kier molecular flexibility index (Phi) is 6.39. The second kappa shape index (κ2) is 8.77. The van der Waals surface area contributed by atoms with Gasteiger partial charge in [0.1, 0.15) is 5.82 Å². The lowest BCUT2D eigenvalue weighted by atomic mass is 9.89. The molecule has 0 unspecified atom stereocenters. The average Bonchev–Trinajstić information content (AvgIpc) is 3.16. The Hall–Kier alpha value is -2.35. The van der Waals surface area contributed by atoms with E-state index in [1.165, 1.54) is 27.9 Å². The summed E-state index contributed by atoms with van der Waals surface area (Å²) in [5.74, 6) is 2.82. The first-order valence-electron chi connectivity index (χ1n) is 10.7. The number of benzene rings is 2. The number of aromatic nitrogens is 2. The van der Waals surface area contributed by atoms with Crippen LogP contribution in [0.5, 0.6) is 0 Å². The molecule has 0 spiro atoms. The summed E-state index contributed by atoms with van der Waals surface area (Å²) >= 11 is 0. The summed E-state index contributed by atoms with van der Waals surface area (Å²) in [5.41, 5.74) is 6.70. The van der Waals surface area contributed by atoms with Crippen LogP contribution in [-0.2, 0) is 12.8 Å². The van der Waals surface area contributed by atoms with Crippen LogP contribution in [0.1, 0.15) is 64.2 Å². The minimum atomic E-state index is 0.466. The Morgan fingerprint density at radius 2 is 1.61 bits per heavy atom. The van der Waals surface area contributed by atoms with E-state index in [1.54, 1.807) is 0 Å². The smallest absolute Gasteiger partial charge is 0.144 e. The average molecular weight is 375 g/mol. The van der Waals surface area contributed by atoms with E-state index >= 15 is 0 Å². The van der Waals surface area contributed by atoms with Crippen molar-refractivity contribution < 1.29 is 0 Å². The lowest BCUT2D eigenvalue weighted by Crippen LogP contribution is -2.10. The second-order valence-corrected chi connectivity index (χ2v) is 8.57. The van der Waals surface area contributed by atoms with Gasteiger partial charge in [0.05, 0.1) is 5.69 Å². The molecular formula is C26H34N2. The van der Waals surface area contributed by atoms with Crippen molar-refractivity contribution >= 4 is 0 Å². The molecule has 0 fully saturated rings. The fourth-order valence-corrected chi connectivity index (χ4v) is 3.84. The molecule has 0 N–H and O–H groups in total. The van der Waals surface area contributed by atoms with Gasteiger partial charge in [-0.1, -0.05) is 84.0 Å². The predicted molar refractivity (Wildman–Crippen MR) is 120 cm³/mol. The highest BCUT2D eigenvalue weighted by atomic mass is 15.1. The normalized spacial score (nSPS) is 12.7. The van der Waals surface area contributed by atoms with E-state index in [-0.39, 0.29) is 0 Å².